The van der Waals surface area contributed by atoms with E-state index in [-0.39, 0.29) is 17.3 Å². The highest BCUT2D eigenvalue weighted by atomic mass is 32.2. The Labute approximate surface area is 177 Å². The molecule has 1 heterocycles. The smallest absolute Gasteiger partial charge is 0.292 e. The molecule has 8 nitrogen and oxygen atoms in total. The summed E-state index contributed by atoms with van der Waals surface area (Å²) in [6.45, 7) is 2.40. The van der Waals surface area contributed by atoms with E-state index in [0.29, 0.717) is 17.6 Å². The molecule has 1 unspecified atom stereocenters. The Balaban J connectivity index is 1.51. The van der Waals surface area contributed by atoms with Gasteiger partial charge in [-0.25, -0.2) is 0 Å². The minimum Gasteiger partial charge on any atom is -0.319 e. The molecular weight excluding hydrogens is 402 g/mol. The van der Waals surface area contributed by atoms with Crippen LogP contribution >= 0.6 is 11.8 Å². The Morgan fingerprint density at radius 1 is 1.20 bits per heavy atom. The van der Waals surface area contributed by atoms with Crippen LogP contribution in [0.5, 0.6) is 0 Å². The fourth-order valence-corrected chi connectivity index (χ4v) is 3.99. The first-order valence-electron chi connectivity index (χ1n) is 9.71. The number of anilines is 1. The number of nitro benzene ring substituents is 1. The summed E-state index contributed by atoms with van der Waals surface area (Å²) in [5.74, 6) is 1.05. The Kier molecular flexibility index (Phi) is 5.80. The summed E-state index contributed by atoms with van der Waals surface area (Å²) in [6, 6.07) is 16.2. The highest BCUT2D eigenvalue weighted by Crippen LogP contribution is 2.40. The van der Waals surface area contributed by atoms with E-state index in [1.54, 1.807) is 19.1 Å². The summed E-state index contributed by atoms with van der Waals surface area (Å²) >= 11 is 1.30. The maximum Gasteiger partial charge on any atom is 0.292 e. The zero-order valence-electron chi connectivity index (χ0n) is 16.4. The molecule has 30 heavy (non-hydrogen) atoms. The van der Waals surface area contributed by atoms with Gasteiger partial charge in [0.05, 0.1) is 16.7 Å². The highest BCUT2D eigenvalue weighted by Gasteiger charge is 2.31. The molecule has 3 aromatic rings. The largest absolute Gasteiger partial charge is 0.319 e. The molecule has 1 aliphatic rings. The second-order valence-corrected chi connectivity index (χ2v) is 8.52. The number of nitrogens with one attached hydrogen (secondary N) is 1. The Bertz CT molecular complexity index is 1070. The van der Waals surface area contributed by atoms with Crippen LogP contribution in [-0.2, 0) is 11.3 Å². The van der Waals surface area contributed by atoms with Gasteiger partial charge in [0.1, 0.15) is 11.5 Å². The molecule has 1 fully saturated rings. The molecule has 1 amide bonds. The average molecular weight is 423 g/mol. The number of benzene rings is 2. The van der Waals surface area contributed by atoms with E-state index in [2.05, 4.69) is 32.2 Å². The van der Waals surface area contributed by atoms with Crippen molar-refractivity contribution >= 4 is 29.0 Å². The number of rotatable bonds is 8. The molecule has 0 aliphatic heterocycles. The zero-order chi connectivity index (χ0) is 21.1. The van der Waals surface area contributed by atoms with Crippen LogP contribution in [0.3, 0.4) is 0 Å². The van der Waals surface area contributed by atoms with Crippen LogP contribution in [-0.4, -0.2) is 30.8 Å². The molecule has 4 rings (SSSR count). The van der Waals surface area contributed by atoms with E-state index < -0.39 is 10.2 Å². The van der Waals surface area contributed by atoms with Crippen LogP contribution in [0.1, 0.15) is 37.1 Å². The summed E-state index contributed by atoms with van der Waals surface area (Å²) in [5, 5.41) is 22.7. The van der Waals surface area contributed by atoms with Gasteiger partial charge in [0.2, 0.25) is 5.91 Å². The van der Waals surface area contributed by atoms with Crippen LogP contribution in [0.4, 0.5) is 11.4 Å². The first-order valence-corrected chi connectivity index (χ1v) is 10.6. The van der Waals surface area contributed by atoms with Gasteiger partial charge in [-0.1, -0.05) is 54.2 Å². The van der Waals surface area contributed by atoms with Gasteiger partial charge in [-0.3, -0.25) is 14.9 Å². The molecule has 0 saturated heterocycles. The van der Waals surface area contributed by atoms with Gasteiger partial charge in [0.25, 0.3) is 5.69 Å². The number of para-hydroxylation sites is 2. The predicted molar refractivity (Wildman–Crippen MR) is 115 cm³/mol. The number of nitrogens with zero attached hydrogens (tertiary/aromatic N) is 4. The Hall–Kier alpha value is -3.20. The summed E-state index contributed by atoms with van der Waals surface area (Å²) in [6.07, 6.45) is 2.20. The number of aromatic nitrogens is 3. The van der Waals surface area contributed by atoms with Crippen LogP contribution in [0.15, 0.2) is 59.8 Å². The van der Waals surface area contributed by atoms with Crippen molar-refractivity contribution in [3.8, 4) is 0 Å². The van der Waals surface area contributed by atoms with Crippen molar-refractivity contribution in [3.05, 3.63) is 76.1 Å². The van der Waals surface area contributed by atoms with Gasteiger partial charge >= 0.3 is 0 Å². The molecule has 0 radical (unpaired) electrons. The van der Waals surface area contributed by atoms with Gasteiger partial charge in [-0.05, 0) is 31.4 Å². The topological polar surface area (TPSA) is 103 Å². The van der Waals surface area contributed by atoms with Gasteiger partial charge in [0.15, 0.2) is 5.16 Å². The van der Waals surface area contributed by atoms with Gasteiger partial charge in [0, 0.05) is 12.0 Å². The fraction of sp³-hybridized carbons (Fsp3) is 0.286. The third kappa shape index (κ3) is 4.51. The third-order valence-electron chi connectivity index (χ3n) is 4.88. The predicted octanol–water partition coefficient (Wildman–Crippen LogP) is 4.23. The number of carbonyl (C=O) groups is 1. The Morgan fingerprint density at radius 3 is 2.60 bits per heavy atom. The van der Waals surface area contributed by atoms with E-state index >= 15 is 0 Å². The molecule has 2 aromatic carbocycles. The monoisotopic (exact) mass is 423 g/mol. The summed E-state index contributed by atoms with van der Waals surface area (Å²) in [5.41, 5.74) is 1.19. The molecular formula is C21H21N5O3S. The molecule has 0 spiro atoms. The molecule has 1 aromatic heterocycles. The van der Waals surface area contributed by atoms with Crippen molar-refractivity contribution in [3.63, 3.8) is 0 Å². The van der Waals surface area contributed by atoms with E-state index in [0.717, 1.165) is 24.2 Å². The summed E-state index contributed by atoms with van der Waals surface area (Å²) < 4.78 is 2.08. The van der Waals surface area contributed by atoms with Crippen molar-refractivity contribution < 1.29 is 9.72 Å². The highest BCUT2D eigenvalue weighted by molar-refractivity contribution is 8.00. The first-order chi connectivity index (χ1) is 14.5. The zero-order valence-corrected chi connectivity index (χ0v) is 17.2. The van der Waals surface area contributed by atoms with Crippen molar-refractivity contribution in [1.29, 1.82) is 0 Å². The van der Waals surface area contributed by atoms with Gasteiger partial charge in [-0.2, -0.15) is 0 Å². The van der Waals surface area contributed by atoms with Crippen molar-refractivity contribution in [2.24, 2.45) is 0 Å². The minimum atomic E-state index is -0.508. The average Bonchev–Trinajstić information content (AvgIpc) is 3.52. The van der Waals surface area contributed by atoms with Gasteiger partial charge in [-0.15, -0.1) is 10.2 Å². The minimum absolute atomic E-state index is 0.133. The maximum absolute atomic E-state index is 12.7. The third-order valence-corrected chi connectivity index (χ3v) is 5.96. The summed E-state index contributed by atoms with van der Waals surface area (Å²) in [7, 11) is 0. The van der Waals surface area contributed by atoms with Crippen molar-refractivity contribution in [2.75, 3.05) is 5.32 Å². The van der Waals surface area contributed by atoms with E-state index in [9.17, 15) is 14.9 Å². The van der Waals surface area contributed by atoms with E-state index in [1.165, 1.54) is 23.9 Å². The molecule has 1 saturated carbocycles. The van der Waals surface area contributed by atoms with Crippen molar-refractivity contribution in [1.82, 2.24) is 14.8 Å². The lowest BCUT2D eigenvalue weighted by Gasteiger charge is -2.14. The molecule has 1 aliphatic carbocycles. The second kappa shape index (κ2) is 8.66. The normalized spacial score (nSPS) is 14.3. The summed E-state index contributed by atoms with van der Waals surface area (Å²) in [4.78, 5) is 23.4. The SMILES string of the molecule is CC(Sc1nnc(C2CC2)n1Cc1ccccc1)C(=O)Nc1ccccc1[N+](=O)[O-]. The molecule has 154 valence electrons. The lowest BCUT2D eigenvalue weighted by Crippen LogP contribution is -2.23. The number of thioether (sulfide) groups is 1. The number of nitro groups is 1. The molecule has 1 N–H and O–H groups in total. The fourth-order valence-electron chi connectivity index (χ4n) is 3.13. The second-order valence-electron chi connectivity index (χ2n) is 7.21. The maximum atomic E-state index is 12.7. The first kappa shape index (κ1) is 20.1. The van der Waals surface area contributed by atoms with E-state index in [1.807, 2.05) is 18.2 Å². The van der Waals surface area contributed by atoms with Crippen LogP contribution in [0.25, 0.3) is 0 Å². The van der Waals surface area contributed by atoms with Crippen LogP contribution in [0, 0.1) is 10.1 Å². The lowest BCUT2D eigenvalue weighted by atomic mass is 10.2. The number of hydrogen-bond donors (Lipinski definition) is 1. The standard InChI is InChI=1S/C21H21N5O3S/c1-14(20(27)22-17-9-5-6-10-18(17)26(28)29)30-21-24-23-19(16-11-12-16)25(21)13-15-7-3-2-4-8-15/h2-10,14,16H,11-13H2,1H3,(H,22,27). The number of hydrogen-bond acceptors (Lipinski definition) is 6. The molecule has 0 bridgehead atoms. The van der Waals surface area contributed by atoms with Crippen molar-refractivity contribution in [2.45, 2.75) is 42.6 Å². The Morgan fingerprint density at radius 2 is 1.90 bits per heavy atom. The number of carbonyl (C=O) groups excluding carboxylic acids is 1. The van der Waals surface area contributed by atoms with Crippen LogP contribution < -0.4 is 5.32 Å². The van der Waals surface area contributed by atoms with E-state index in [4.69, 9.17) is 0 Å². The number of amides is 1. The molecule has 1 atom stereocenters. The quantitative estimate of drug-likeness (QED) is 0.330. The van der Waals surface area contributed by atoms with Crippen LogP contribution in [0.2, 0.25) is 0 Å². The van der Waals surface area contributed by atoms with Gasteiger partial charge < -0.3 is 9.88 Å². The lowest BCUT2D eigenvalue weighted by molar-refractivity contribution is -0.383. The molecule has 9 heteroatoms.